The lowest BCUT2D eigenvalue weighted by Gasteiger charge is -2.10. The van der Waals surface area contributed by atoms with Gasteiger partial charge in [0.05, 0.1) is 6.00 Å². The van der Waals surface area contributed by atoms with E-state index in [1.54, 1.807) is 6.92 Å². The number of hydrogen-bond acceptors (Lipinski definition) is 3. The van der Waals surface area contributed by atoms with Gasteiger partial charge in [0.15, 0.2) is 0 Å². The van der Waals surface area contributed by atoms with E-state index in [4.69, 9.17) is 12.5 Å². The third-order valence-corrected chi connectivity index (χ3v) is 3.23. The van der Waals surface area contributed by atoms with Crippen LogP contribution >= 0.6 is 0 Å². The molecule has 0 aliphatic heterocycles. The monoisotopic (exact) mass is 292 g/mol. The molecule has 0 heterocycles. The molecule has 117 valence electrons. The van der Waals surface area contributed by atoms with Crippen molar-refractivity contribution in [1.82, 2.24) is 5.32 Å². The molecule has 0 bridgehead atoms. The summed E-state index contributed by atoms with van der Waals surface area (Å²) in [4.78, 5) is 22.8. The lowest BCUT2D eigenvalue weighted by atomic mass is 9.52. The maximum absolute atomic E-state index is 11.4. The third kappa shape index (κ3) is 13.8. The Morgan fingerprint density at radius 2 is 1.71 bits per heavy atom. The van der Waals surface area contributed by atoms with Crippen molar-refractivity contribution >= 4 is 26.8 Å². The Morgan fingerprint density at radius 1 is 1.10 bits per heavy atom. The van der Waals surface area contributed by atoms with Gasteiger partial charge in [-0.05, 0) is 26.2 Å². The average Bonchev–Trinajstić information content (AvgIpc) is 2.46. The molecular formula is C15H28B2NO3. The Balaban J connectivity index is 3.32. The molecule has 0 aromatic rings. The lowest BCUT2D eigenvalue weighted by Crippen LogP contribution is -2.23. The van der Waals surface area contributed by atoms with E-state index in [1.165, 1.54) is 7.17 Å². The minimum Gasteiger partial charge on any atom is -0.473 e. The molecule has 0 saturated carbocycles. The molecule has 1 amide bonds. The fraction of sp³-hybridized carbons (Fsp3) is 0.867. The van der Waals surface area contributed by atoms with Crippen LogP contribution in [0, 0.1) is 0 Å². The van der Waals surface area contributed by atoms with E-state index in [9.17, 15) is 9.59 Å². The van der Waals surface area contributed by atoms with Gasteiger partial charge in [0, 0.05) is 27.1 Å². The van der Waals surface area contributed by atoms with Crippen LogP contribution in [-0.2, 0) is 14.3 Å². The molecule has 3 radical (unpaired) electrons. The fourth-order valence-corrected chi connectivity index (χ4v) is 1.88. The molecule has 0 spiro atoms. The standard InChI is InChI=1S/C15H28B2NO3/c1-3-4-12-18-14(19)10-8-6-5-7-9-11-15(20)21-13(2)17-16/h13H,3-12H2,1-2H3,(H,18,19). The first-order valence-corrected chi connectivity index (χ1v) is 8.11. The molecule has 4 nitrogen and oxygen atoms in total. The molecule has 1 N–H and O–H groups in total. The summed E-state index contributed by atoms with van der Waals surface area (Å²) in [5, 5.41) is 2.91. The van der Waals surface area contributed by atoms with Crippen LogP contribution in [-0.4, -0.2) is 39.3 Å². The maximum atomic E-state index is 11.4. The summed E-state index contributed by atoms with van der Waals surface area (Å²) in [6.07, 6.45) is 8.02. The normalized spacial score (nSPS) is 11.7. The van der Waals surface area contributed by atoms with Crippen molar-refractivity contribution in [3.05, 3.63) is 0 Å². The first-order valence-electron chi connectivity index (χ1n) is 8.11. The minimum absolute atomic E-state index is 0.152. The van der Waals surface area contributed by atoms with Crippen LogP contribution in [0.15, 0.2) is 0 Å². The molecule has 6 heteroatoms. The van der Waals surface area contributed by atoms with Gasteiger partial charge in [-0.1, -0.05) is 32.6 Å². The van der Waals surface area contributed by atoms with E-state index >= 15 is 0 Å². The molecular weight excluding hydrogens is 264 g/mol. The van der Waals surface area contributed by atoms with Gasteiger partial charge in [-0.3, -0.25) is 9.59 Å². The smallest absolute Gasteiger partial charge is 0.305 e. The van der Waals surface area contributed by atoms with Crippen molar-refractivity contribution < 1.29 is 14.3 Å². The number of amides is 1. The van der Waals surface area contributed by atoms with Gasteiger partial charge in [-0.2, -0.15) is 0 Å². The van der Waals surface area contributed by atoms with Gasteiger partial charge in [0.25, 0.3) is 0 Å². The molecule has 0 rings (SSSR count). The molecule has 0 aromatic carbocycles. The Kier molecular flexibility index (Phi) is 13.4. The topological polar surface area (TPSA) is 55.4 Å². The summed E-state index contributed by atoms with van der Waals surface area (Å²) in [5.41, 5.74) is 0. The summed E-state index contributed by atoms with van der Waals surface area (Å²) >= 11 is 0. The average molecular weight is 292 g/mol. The summed E-state index contributed by atoms with van der Waals surface area (Å²) < 4.78 is 5.03. The van der Waals surface area contributed by atoms with Crippen molar-refractivity contribution in [3.8, 4) is 0 Å². The molecule has 0 aliphatic carbocycles. The zero-order valence-electron chi connectivity index (χ0n) is 13.5. The Hall–Kier alpha value is -0.930. The molecule has 0 fully saturated rings. The highest BCUT2D eigenvalue weighted by molar-refractivity contribution is 6.90. The number of rotatable bonds is 13. The second-order valence-electron chi connectivity index (χ2n) is 5.36. The SMILES string of the molecule is [B][B]C(C)OC(=O)CCCCCCCC(=O)NCCCC. The predicted octanol–water partition coefficient (Wildman–Crippen LogP) is 2.31. The molecule has 21 heavy (non-hydrogen) atoms. The van der Waals surface area contributed by atoms with E-state index in [0.29, 0.717) is 12.8 Å². The number of carbonyl (C=O) groups excluding carboxylic acids is 2. The lowest BCUT2D eigenvalue weighted by molar-refractivity contribution is -0.145. The third-order valence-electron chi connectivity index (χ3n) is 3.23. The zero-order chi connectivity index (χ0) is 15.9. The van der Waals surface area contributed by atoms with Crippen molar-refractivity contribution in [3.63, 3.8) is 0 Å². The minimum atomic E-state index is -0.316. The highest BCUT2D eigenvalue weighted by Gasteiger charge is 2.07. The zero-order valence-corrected chi connectivity index (χ0v) is 13.5. The van der Waals surface area contributed by atoms with Gasteiger partial charge in [-0.25, -0.2) is 0 Å². The molecule has 1 unspecified atom stereocenters. The Bertz CT molecular complexity index is 288. The molecule has 0 aliphatic rings. The van der Waals surface area contributed by atoms with Gasteiger partial charge >= 0.3 is 5.97 Å². The fourth-order valence-electron chi connectivity index (χ4n) is 1.88. The number of nitrogens with one attached hydrogen (secondary N) is 1. The van der Waals surface area contributed by atoms with E-state index in [1.807, 2.05) is 0 Å². The van der Waals surface area contributed by atoms with Gasteiger partial charge in [0.1, 0.15) is 7.17 Å². The van der Waals surface area contributed by atoms with Crippen LogP contribution in [0.4, 0.5) is 0 Å². The molecule has 0 aromatic heterocycles. The van der Waals surface area contributed by atoms with Crippen LogP contribution < -0.4 is 5.32 Å². The predicted molar refractivity (Wildman–Crippen MR) is 87.3 cm³/mol. The second-order valence-corrected chi connectivity index (χ2v) is 5.36. The largest absolute Gasteiger partial charge is 0.473 e. The summed E-state index contributed by atoms with van der Waals surface area (Å²) in [5.74, 6) is -0.0430. The first-order chi connectivity index (χ1) is 10.1. The number of hydrogen-bond donors (Lipinski definition) is 1. The number of unbranched alkanes of at least 4 members (excludes halogenated alkanes) is 5. The van der Waals surface area contributed by atoms with E-state index in [2.05, 4.69) is 12.2 Å². The van der Waals surface area contributed by atoms with Gasteiger partial charge in [-0.15, -0.1) is 0 Å². The van der Waals surface area contributed by atoms with Crippen molar-refractivity contribution in [2.75, 3.05) is 6.54 Å². The highest BCUT2D eigenvalue weighted by Crippen LogP contribution is 2.08. The van der Waals surface area contributed by atoms with Gasteiger partial charge < -0.3 is 10.1 Å². The van der Waals surface area contributed by atoms with E-state index < -0.39 is 0 Å². The number of ether oxygens (including phenoxy) is 1. The number of esters is 1. The quantitative estimate of drug-likeness (QED) is 0.322. The molecule has 0 saturated heterocycles. The maximum Gasteiger partial charge on any atom is 0.305 e. The van der Waals surface area contributed by atoms with Crippen LogP contribution in [0.1, 0.15) is 71.6 Å². The summed E-state index contributed by atoms with van der Waals surface area (Å²) in [7, 11) is 6.62. The van der Waals surface area contributed by atoms with Crippen LogP contribution in [0.2, 0.25) is 0 Å². The van der Waals surface area contributed by atoms with Crippen molar-refractivity contribution in [2.24, 2.45) is 0 Å². The molecule has 1 atom stereocenters. The first kappa shape index (κ1) is 20.1. The van der Waals surface area contributed by atoms with Crippen molar-refractivity contribution in [2.45, 2.75) is 77.6 Å². The highest BCUT2D eigenvalue weighted by atomic mass is 16.5. The van der Waals surface area contributed by atoms with Crippen LogP contribution in [0.5, 0.6) is 0 Å². The summed E-state index contributed by atoms with van der Waals surface area (Å²) in [6.45, 7) is 4.64. The Morgan fingerprint density at radius 3 is 2.33 bits per heavy atom. The number of carbonyl (C=O) groups is 2. The Labute approximate surface area is 131 Å². The second kappa shape index (κ2) is 14.0. The van der Waals surface area contributed by atoms with E-state index in [-0.39, 0.29) is 17.9 Å². The van der Waals surface area contributed by atoms with Gasteiger partial charge in [0.2, 0.25) is 5.91 Å². The summed E-state index contributed by atoms with van der Waals surface area (Å²) in [6, 6.07) is -0.316. The van der Waals surface area contributed by atoms with Crippen LogP contribution in [0.3, 0.4) is 0 Å². The van der Waals surface area contributed by atoms with E-state index in [0.717, 1.165) is 51.5 Å². The van der Waals surface area contributed by atoms with Crippen molar-refractivity contribution in [1.29, 1.82) is 0 Å². The van der Waals surface area contributed by atoms with Crippen LogP contribution in [0.25, 0.3) is 0 Å².